The molecule has 0 amide bonds. The summed E-state index contributed by atoms with van der Waals surface area (Å²) in [6, 6.07) is 5.26. The van der Waals surface area contributed by atoms with Crippen molar-refractivity contribution in [1.29, 1.82) is 0 Å². The van der Waals surface area contributed by atoms with Crippen LogP contribution in [0.5, 0.6) is 0 Å². The highest BCUT2D eigenvalue weighted by molar-refractivity contribution is 5.76. The Morgan fingerprint density at radius 2 is 2.13 bits per heavy atom. The lowest BCUT2D eigenvalue weighted by molar-refractivity contribution is 0.511. The van der Waals surface area contributed by atoms with Crippen LogP contribution in [0.1, 0.15) is 25.0 Å². The van der Waals surface area contributed by atoms with Crippen LogP contribution in [0.2, 0.25) is 0 Å². The van der Waals surface area contributed by atoms with Crippen LogP contribution in [-0.2, 0) is 6.42 Å². The van der Waals surface area contributed by atoms with E-state index in [0.717, 1.165) is 23.1 Å². The summed E-state index contributed by atoms with van der Waals surface area (Å²) in [6.07, 6.45) is 2.92. The first-order chi connectivity index (χ1) is 7.06. The van der Waals surface area contributed by atoms with Crippen molar-refractivity contribution >= 4 is 5.57 Å². The minimum Gasteiger partial charge on any atom is -0.330 e. The van der Waals surface area contributed by atoms with Crippen molar-refractivity contribution in [2.24, 2.45) is 11.1 Å². The van der Waals surface area contributed by atoms with Crippen LogP contribution in [-0.4, -0.2) is 6.54 Å². The van der Waals surface area contributed by atoms with E-state index in [0.29, 0.717) is 6.54 Å². The van der Waals surface area contributed by atoms with E-state index in [1.807, 2.05) is 6.07 Å². The molecule has 1 aliphatic carbocycles. The second kappa shape index (κ2) is 3.46. The number of benzene rings is 1. The molecule has 15 heavy (non-hydrogen) atoms. The fourth-order valence-corrected chi connectivity index (χ4v) is 2.08. The lowest BCUT2D eigenvalue weighted by atomic mass is 9.81. The lowest BCUT2D eigenvalue weighted by Gasteiger charge is -2.25. The van der Waals surface area contributed by atoms with Crippen molar-refractivity contribution < 1.29 is 4.39 Å². The van der Waals surface area contributed by atoms with Crippen LogP contribution in [0, 0.1) is 11.2 Å². The molecule has 0 heterocycles. The molecule has 1 aromatic rings. The second-order valence-corrected chi connectivity index (χ2v) is 4.68. The summed E-state index contributed by atoms with van der Waals surface area (Å²) in [5, 5.41) is 0. The van der Waals surface area contributed by atoms with E-state index in [9.17, 15) is 4.39 Å². The second-order valence-electron chi connectivity index (χ2n) is 4.68. The zero-order valence-corrected chi connectivity index (χ0v) is 9.18. The summed E-state index contributed by atoms with van der Waals surface area (Å²) in [4.78, 5) is 0. The summed E-state index contributed by atoms with van der Waals surface area (Å²) >= 11 is 0. The fourth-order valence-electron chi connectivity index (χ4n) is 2.08. The monoisotopic (exact) mass is 205 g/mol. The van der Waals surface area contributed by atoms with Crippen molar-refractivity contribution in [2.75, 3.05) is 6.54 Å². The number of rotatable bonds is 2. The van der Waals surface area contributed by atoms with Crippen LogP contribution in [0.3, 0.4) is 0 Å². The summed E-state index contributed by atoms with van der Waals surface area (Å²) in [5.74, 6) is -0.127. The van der Waals surface area contributed by atoms with Gasteiger partial charge in [0.2, 0.25) is 0 Å². The molecule has 0 spiro atoms. The van der Waals surface area contributed by atoms with E-state index < -0.39 is 0 Å². The van der Waals surface area contributed by atoms with Gasteiger partial charge in [-0.25, -0.2) is 4.39 Å². The van der Waals surface area contributed by atoms with Gasteiger partial charge in [-0.15, -0.1) is 0 Å². The van der Waals surface area contributed by atoms with Crippen molar-refractivity contribution in [3.63, 3.8) is 0 Å². The molecular weight excluding hydrogens is 189 g/mol. The van der Waals surface area contributed by atoms with Crippen LogP contribution in [0.15, 0.2) is 24.3 Å². The maximum Gasteiger partial charge on any atom is 0.130 e. The Balaban J connectivity index is 2.51. The fraction of sp³-hybridized carbons (Fsp3) is 0.385. The molecular formula is C13H16FN. The van der Waals surface area contributed by atoms with Crippen molar-refractivity contribution in [1.82, 2.24) is 0 Å². The van der Waals surface area contributed by atoms with Gasteiger partial charge in [0.1, 0.15) is 5.82 Å². The smallest absolute Gasteiger partial charge is 0.130 e. The molecule has 0 aliphatic heterocycles. The lowest BCUT2D eigenvalue weighted by Crippen LogP contribution is -2.25. The van der Waals surface area contributed by atoms with E-state index in [-0.39, 0.29) is 11.2 Å². The Labute approximate surface area is 89.8 Å². The van der Waals surface area contributed by atoms with E-state index in [2.05, 4.69) is 19.9 Å². The predicted octanol–water partition coefficient (Wildman–Crippen LogP) is 2.75. The largest absolute Gasteiger partial charge is 0.330 e. The zero-order chi connectivity index (χ0) is 11.1. The molecule has 0 unspecified atom stereocenters. The van der Waals surface area contributed by atoms with Gasteiger partial charge in [-0.2, -0.15) is 0 Å². The van der Waals surface area contributed by atoms with Crippen LogP contribution >= 0.6 is 0 Å². The van der Waals surface area contributed by atoms with Crippen LogP contribution < -0.4 is 5.73 Å². The number of fused-ring (bicyclic) bond motifs is 1. The topological polar surface area (TPSA) is 26.0 Å². The molecule has 2 heteroatoms. The van der Waals surface area contributed by atoms with Gasteiger partial charge in [-0.05, 0) is 23.6 Å². The van der Waals surface area contributed by atoms with Gasteiger partial charge >= 0.3 is 0 Å². The minimum atomic E-state index is -0.145. The standard InChI is InChI=1S/C13H16FN/c1-13(2,8-15)10-7-6-9-4-3-5-11(14)12(9)10/h3-5,7H,6,8,15H2,1-2H3. The molecule has 1 aliphatic rings. The quantitative estimate of drug-likeness (QED) is 0.789. The van der Waals surface area contributed by atoms with Gasteiger partial charge in [-0.3, -0.25) is 0 Å². The number of hydrogen-bond acceptors (Lipinski definition) is 1. The molecule has 2 rings (SSSR count). The van der Waals surface area contributed by atoms with Crippen LogP contribution in [0.4, 0.5) is 4.39 Å². The first kappa shape index (κ1) is 10.4. The van der Waals surface area contributed by atoms with Crippen LogP contribution in [0.25, 0.3) is 5.57 Å². The first-order valence-electron chi connectivity index (χ1n) is 5.25. The molecule has 0 saturated heterocycles. The Morgan fingerprint density at radius 3 is 2.80 bits per heavy atom. The van der Waals surface area contributed by atoms with Gasteiger partial charge in [0.05, 0.1) is 0 Å². The Bertz CT molecular complexity index is 419. The first-order valence-corrected chi connectivity index (χ1v) is 5.25. The highest BCUT2D eigenvalue weighted by Crippen LogP contribution is 2.40. The van der Waals surface area contributed by atoms with Crippen molar-refractivity contribution in [2.45, 2.75) is 20.3 Å². The molecule has 2 N–H and O–H groups in total. The predicted molar refractivity (Wildman–Crippen MR) is 60.9 cm³/mol. The van der Waals surface area contributed by atoms with E-state index in [1.165, 1.54) is 6.07 Å². The van der Waals surface area contributed by atoms with E-state index >= 15 is 0 Å². The maximum atomic E-state index is 13.7. The van der Waals surface area contributed by atoms with Gasteiger partial charge < -0.3 is 5.73 Å². The SMILES string of the molecule is CC(C)(CN)C1=CCc2cccc(F)c21. The maximum absolute atomic E-state index is 13.7. The molecule has 0 atom stereocenters. The highest BCUT2D eigenvalue weighted by Gasteiger charge is 2.29. The Kier molecular flexibility index (Phi) is 2.39. The van der Waals surface area contributed by atoms with Gasteiger partial charge in [0.15, 0.2) is 0 Å². The third-order valence-corrected chi connectivity index (χ3v) is 3.13. The number of nitrogens with two attached hydrogens (primary N) is 1. The summed E-state index contributed by atoms with van der Waals surface area (Å²) in [6.45, 7) is 4.65. The molecule has 1 aromatic carbocycles. The zero-order valence-electron chi connectivity index (χ0n) is 9.18. The number of allylic oxidation sites excluding steroid dienone is 1. The van der Waals surface area contributed by atoms with E-state index in [4.69, 9.17) is 5.73 Å². The molecule has 0 radical (unpaired) electrons. The summed E-state index contributed by atoms with van der Waals surface area (Å²) in [5.41, 5.74) is 8.49. The molecule has 80 valence electrons. The van der Waals surface area contributed by atoms with Gasteiger partial charge in [0, 0.05) is 17.5 Å². The molecule has 1 nitrogen and oxygen atoms in total. The third kappa shape index (κ3) is 1.59. The average molecular weight is 205 g/mol. The van der Waals surface area contributed by atoms with Crippen molar-refractivity contribution in [3.05, 3.63) is 41.2 Å². The van der Waals surface area contributed by atoms with Gasteiger partial charge in [-0.1, -0.05) is 32.1 Å². The third-order valence-electron chi connectivity index (χ3n) is 3.13. The highest BCUT2D eigenvalue weighted by atomic mass is 19.1. The summed E-state index contributed by atoms with van der Waals surface area (Å²) in [7, 11) is 0. The molecule has 0 fully saturated rings. The molecule has 0 saturated carbocycles. The number of hydrogen-bond donors (Lipinski definition) is 1. The molecule has 0 aromatic heterocycles. The Morgan fingerprint density at radius 1 is 1.40 bits per heavy atom. The summed E-state index contributed by atoms with van der Waals surface area (Å²) < 4.78 is 13.7. The average Bonchev–Trinajstić information content (AvgIpc) is 2.63. The van der Waals surface area contributed by atoms with Gasteiger partial charge in [0.25, 0.3) is 0 Å². The number of halogens is 1. The van der Waals surface area contributed by atoms with E-state index in [1.54, 1.807) is 6.07 Å². The normalized spacial score (nSPS) is 15.1. The van der Waals surface area contributed by atoms with Crippen molar-refractivity contribution in [3.8, 4) is 0 Å². The minimum absolute atomic E-state index is 0.127. The molecule has 0 bridgehead atoms. The Hall–Kier alpha value is -1.15.